The van der Waals surface area contributed by atoms with Crippen molar-refractivity contribution in [3.63, 3.8) is 0 Å². The number of aromatic amines is 1. The molecule has 0 bridgehead atoms. The number of likely N-dealkylation sites (tertiary alicyclic amines) is 1. The summed E-state index contributed by atoms with van der Waals surface area (Å²) in [6.07, 6.45) is 9.86. The molecule has 1 aromatic heterocycles. The Morgan fingerprint density at radius 1 is 1.08 bits per heavy atom. The molecule has 0 radical (unpaired) electrons. The Bertz CT molecular complexity index is 743. The molecule has 0 atom stereocenters. The molecule has 2 heterocycles. The van der Waals surface area contributed by atoms with Gasteiger partial charge in [0, 0.05) is 28.7 Å². The minimum absolute atomic E-state index is 0.0614. The second-order valence-corrected chi connectivity index (χ2v) is 7.56. The lowest BCUT2D eigenvalue weighted by Gasteiger charge is -2.26. The van der Waals surface area contributed by atoms with Crippen molar-refractivity contribution in [1.29, 1.82) is 0 Å². The van der Waals surface area contributed by atoms with Gasteiger partial charge in [0.1, 0.15) is 0 Å². The van der Waals surface area contributed by atoms with E-state index in [4.69, 9.17) is 0 Å². The van der Waals surface area contributed by atoms with Gasteiger partial charge in [0.15, 0.2) is 0 Å². The lowest BCUT2D eigenvalue weighted by Crippen LogP contribution is -2.33. The Kier molecular flexibility index (Phi) is 5.07. The van der Waals surface area contributed by atoms with Gasteiger partial charge in [0.25, 0.3) is 5.91 Å². The molecule has 1 fully saturated rings. The van der Waals surface area contributed by atoms with E-state index in [-0.39, 0.29) is 5.91 Å². The van der Waals surface area contributed by atoms with Crippen LogP contribution in [0.2, 0.25) is 0 Å². The average molecular weight is 339 g/mol. The van der Waals surface area contributed by atoms with Gasteiger partial charge in [-0.3, -0.25) is 4.79 Å². The summed E-state index contributed by atoms with van der Waals surface area (Å²) in [7, 11) is 0. The van der Waals surface area contributed by atoms with Crippen LogP contribution in [0.1, 0.15) is 60.1 Å². The van der Waals surface area contributed by atoms with Crippen LogP contribution in [0.5, 0.6) is 0 Å². The number of amides is 1. The van der Waals surface area contributed by atoms with E-state index in [0.29, 0.717) is 0 Å². The number of hydrogen-bond donors (Lipinski definition) is 2. The molecule has 4 heteroatoms. The highest BCUT2D eigenvalue weighted by Crippen LogP contribution is 2.29. The Hall–Kier alpha value is -1.81. The smallest absolute Gasteiger partial charge is 0.251 e. The minimum Gasteiger partial charge on any atom is -0.358 e. The van der Waals surface area contributed by atoms with E-state index in [1.807, 2.05) is 6.07 Å². The predicted octanol–water partition coefficient (Wildman–Crippen LogP) is 3.65. The van der Waals surface area contributed by atoms with Crippen LogP contribution in [0.4, 0.5) is 0 Å². The van der Waals surface area contributed by atoms with E-state index in [1.54, 1.807) is 0 Å². The largest absolute Gasteiger partial charge is 0.358 e. The topological polar surface area (TPSA) is 48.1 Å². The van der Waals surface area contributed by atoms with Crippen LogP contribution in [0.25, 0.3) is 10.9 Å². The molecule has 1 amide bonds. The maximum atomic E-state index is 12.5. The summed E-state index contributed by atoms with van der Waals surface area (Å²) in [4.78, 5) is 18.5. The van der Waals surface area contributed by atoms with E-state index >= 15 is 0 Å². The Labute approximate surface area is 150 Å². The van der Waals surface area contributed by atoms with Crippen LogP contribution < -0.4 is 5.32 Å². The Balaban J connectivity index is 1.35. The van der Waals surface area contributed by atoms with Crippen LogP contribution in [-0.4, -0.2) is 42.0 Å². The molecular formula is C21H29N3O. The van der Waals surface area contributed by atoms with Crippen molar-refractivity contribution in [3.8, 4) is 0 Å². The van der Waals surface area contributed by atoms with Crippen LogP contribution in [0.3, 0.4) is 0 Å². The summed E-state index contributed by atoms with van der Waals surface area (Å²) in [6.45, 7) is 4.32. The van der Waals surface area contributed by atoms with Gasteiger partial charge < -0.3 is 15.2 Å². The number of benzene rings is 1. The highest BCUT2D eigenvalue weighted by atomic mass is 16.1. The van der Waals surface area contributed by atoms with E-state index in [2.05, 4.69) is 27.3 Å². The van der Waals surface area contributed by atoms with E-state index in [1.165, 1.54) is 67.4 Å². The second kappa shape index (κ2) is 7.61. The lowest BCUT2D eigenvalue weighted by molar-refractivity contribution is 0.0951. The summed E-state index contributed by atoms with van der Waals surface area (Å²) >= 11 is 0. The van der Waals surface area contributed by atoms with E-state index < -0.39 is 0 Å². The standard InChI is InChI=1S/C21H29N3O/c25-21(22-11-6-14-24-12-4-1-5-13-24)16-9-10-20-18(15-16)17-7-2-3-8-19(17)23-20/h9-10,15,23H,1-8,11-14H2,(H,22,25). The zero-order chi connectivity index (χ0) is 17.1. The number of carbonyl (C=O) groups is 1. The fourth-order valence-electron chi connectivity index (χ4n) is 4.34. The molecule has 2 aliphatic rings. The Morgan fingerprint density at radius 2 is 1.92 bits per heavy atom. The van der Waals surface area contributed by atoms with Gasteiger partial charge in [-0.05, 0) is 88.3 Å². The molecule has 1 aromatic carbocycles. The fraction of sp³-hybridized carbons (Fsp3) is 0.571. The van der Waals surface area contributed by atoms with Crippen LogP contribution in [0.15, 0.2) is 18.2 Å². The molecular weight excluding hydrogens is 310 g/mol. The van der Waals surface area contributed by atoms with E-state index in [0.717, 1.165) is 37.9 Å². The normalized spacial score (nSPS) is 18.2. The van der Waals surface area contributed by atoms with Crippen molar-refractivity contribution < 1.29 is 4.79 Å². The number of nitrogens with zero attached hydrogens (tertiary/aromatic N) is 1. The zero-order valence-electron chi connectivity index (χ0n) is 15.1. The third-order valence-electron chi connectivity index (χ3n) is 5.75. The van der Waals surface area contributed by atoms with Gasteiger partial charge in [-0.2, -0.15) is 0 Å². The molecule has 1 aliphatic carbocycles. The SMILES string of the molecule is O=C(NCCCN1CCCCC1)c1ccc2[nH]c3c(c2c1)CCCC3. The van der Waals surface area contributed by atoms with Crippen molar-refractivity contribution in [2.45, 2.75) is 51.4 Å². The van der Waals surface area contributed by atoms with Gasteiger partial charge in [0.05, 0.1) is 0 Å². The monoisotopic (exact) mass is 339 g/mol. The second-order valence-electron chi connectivity index (χ2n) is 7.56. The number of piperidine rings is 1. The van der Waals surface area contributed by atoms with Crippen LogP contribution in [-0.2, 0) is 12.8 Å². The van der Waals surface area contributed by atoms with Gasteiger partial charge in [-0.25, -0.2) is 0 Å². The molecule has 134 valence electrons. The number of aromatic nitrogens is 1. The number of rotatable bonds is 5. The third kappa shape index (κ3) is 3.74. The number of nitrogens with one attached hydrogen (secondary N) is 2. The number of hydrogen-bond acceptors (Lipinski definition) is 2. The zero-order valence-corrected chi connectivity index (χ0v) is 15.1. The van der Waals surface area contributed by atoms with Crippen molar-refractivity contribution in [3.05, 3.63) is 35.0 Å². The van der Waals surface area contributed by atoms with Crippen LogP contribution >= 0.6 is 0 Å². The maximum absolute atomic E-state index is 12.5. The first-order valence-corrected chi connectivity index (χ1v) is 9.95. The molecule has 4 rings (SSSR count). The third-order valence-corrected chi connectivity index (χ3v) is 5.75. The number of aryl methyl sites for hydroxylation is 2. The average Bonchev–Trinajstić information content (AvgIpc) is 3.04. The molecule has 2 N–H and O–H groups in total. The number of fused-ring (bicyclic) bond motifs is 3. The Morgan fingerprint density at radius 3 is 2.80 bits per heavy atom. The molecule has 1 saturated heterocycles. The summed E-state index contributed by atoms with van der Waals surface area (Å²) in [5.74, 6) is 0.0614. The van der Waals surface area contributed by atoms with Gasteiger partial charge in [0.2, 0.25) is 0 Å². The highest BCUT2D eigenvalue weighted by molar-refractivity contribution is 5.99. The molecule has 0 saturated carbocycles. The van der Waals surface area contributed by atoms with Crippen molar-refractivity contribution in [2.24, 2.45) is 0 Å². The summed E-state index contributed by atoms with van der Waals surface area (Å²) < 4.78 is 0. The quantitative estimate of drug-likeness (QED) is 0.817. The first kappa shape index (κ1) is 16.6. The summed E-state index contributed by atoms with van der Waals surface area (Å²) in [5, 5.41) is 4.35. The number of carbonyl (C=O) groups excluding carboxylic acids is 1. The fourth-order valence-corrected chi connectivity index (χ4v) is 4.34. The first-order valence-electron chi connectivity index (χ1n) is 9.95. The highest BCUT2D eigenvalue weighted by Gasteiger charge is 2.17. The molecule has 25 heavy (non-hydrogen) atoms. The van der Waals surface area contributed by atoms with Crippen LogP contribution in [0, 0.1) is 0 Å². The maximum Gasteiger partial charge on any atom is 0.251 e. The van der Waals surface area contributed by atoms with Crippen molar-refractivity contribution in [2.75, 3.05) is 26.2 Å². The molecule has 4 nitrogen and oxygen atoms in total. The number of H-pyrrole nitrogens is 1. The summed E-state index contributed by atoms with van der Waals surface area (Å²) in [6, 6.07) is 6.09. The van der Waals surface area contributed by atoms with Gasteiger partial charge >= 0.3 is 0 Å². The van der Waals surface area contributed by atoms with Crippen molar-refractivity contribution >= 4 is 16.8 Å². The molecule has 1 aliphatic heterocycles. The first-order chi connectivity index (χ1) is 12.3. The molecule has 0 unspecified atom stereocenters. The predicted molar refractivity (Wildman–Crippen MR) is 102 cm³/mol. The van der Waals surface area contributed by atoms with Gasteiger partial charge in [-0.15, -0.1) is 0 Å². The van der Waals surface area contributed by atoms with Crippen molar-refractivity contribution in [1.82, 2.24) is 15.2 Å². The summed E-state index contributed by atoms with van der Waals surface area (Å²) in [5.41, 5.74) is 4.77. The molecule has 0 spiro atoms. The van der Waals surface area contributed by atoms with E-state index in [9.17, 15) is 4.79 Å². The lowest BCUT2D eigenvalue weighted by atomic mass is 9.95. The minimum atomic E-state index is 0.0614. The van der Waals surface area contributed by atoms with Gasteiger partial charge in [-0.1, -0.05) is 6.42 Å². The molecule has 2 aromatic rings.